The van der Waals surface area contributed by atoms with E-state index in [1.807, 2.05) is 30.5 Å². The van der Waals surface area contributed by atoms with Gasteiger partial charge in [-0.1, -0.05) is 28.9 Å². The Labute approximate surface area is 141 Å². The molecule has 0 bridgehead atoms. The van der Waals surface area contributed by atoms with Gasteiger partial charge in [0, 0.05) is 34.3 Å². The molecule has 2 saturated carbocycles. The van der Waals surface area contributed by atoms with Crippen molar-refractivity contribution in [3.8, 4) is 0 Å². The van der Waals surface area contributed by atoms with Gasteiger partial charge in [0.2, 0.25) is 0 Å². The Morgan fingerprint density at radius 2 is 1.87 bits per heavy atom. The van der Waals surface area contributed by atoms with Crippen LogP contribution in [0.3, 0.4) is 0 Å². The summed E-state index contributed by atoms with van der Waals surface area (Å²) < 4.78 is 0. The second kappa shape index (κ2) is 6.32. The van der Waals surface area contributed by atoms with Gasteiger partial charge in [0.25, 0.3) is 0 Å². The molecule has 0 atom stereocenters. The molecule has 23 heavy (non-hydrogen) atoms. The van der Waals surface area contributed by atoms with Gasteiger partial charge in [0.05, 0.1) is 5.71 Å². The molecule has 2 fully saturated rings. The Balaban J connectivity index is 1.45. The molecule has 0 N–H and O–H groups in total. The van der Waals surface area contributed by atoms with Crippen LogP contribution in [0.4, 0.5) is 0 Å². The monoisotopic (exact) mass is 326 g/mol. The van der Waals surface area contributed by atoms with Crippen molar-refractivity contribution in [2.75, 3.05) is 0 Å². The van der Waals surface area contributed by atoms with Gasteiger partial charge in [-0.25, -0.2) is 0 Å². The molecule has 0 radical (unpaired) electrons. The Kier molecular flexibility index (Phi) is 4.04. The number of hydrogen-bond acceptors (Lipinski definition) is 3. The molecule has 1 aromatic heterocycles. The minimum atomic E-state index is 0.459. The standard InChI is InChI=1S/C19H19ClN2O/c20-17-8-1-13(2-9-17)12-23-22-19(15-5-6-15)16-7-10-18(21-11-16)14-3-4-14/h1-2,7-11,14-15H,3-6,12H2. The first-order valence-corrected chi connectivity index (χ1v) is 8.58. The first-order chi connectivity index (χ1) is 11.3. The van der Waals surface area contributed by atoms with Crippen molar-refractivity contribution in [2.24, 2.45) is 11.1 Å². The van der Waals surface area contributed by atoms with Gasteiger partial charge >= 0.3 is 0 Å². The van der Waals surface area contributed by atoms with E-state index in [0.717, 1.165) is 21.9 Å². The molecular formula is C19H19ClN2O. The summed E-state index contributed by atoms with van der Waals surface area (Å²) in [4.78, 5) is 10.2. The molecule has 1 heterocycles. The fraction of sp³-hybridized carbons (Fsp3) is 0.368. The summed E-state index contributed by atoms with van der Waals surface area (Å²) in [5.74, 6) is 1.21. The molecule has 4 heteroatoms. The third-order valence-corrected chi connectivity index (χ3v) is 4.60. The molecule has 2 aromatic rings. The first-order valence-electron chi connectivity index (χ1n) is 8.20. The van der Waals surface area contributed by atoms with E-state index >= 15 is 0 Å². The lowest BCUT2D eigenvalue weighted by molar-refractivity contribution is 0.130. The highest BCUT2D eigenvalue weighted by atomic mass is 35.5. The molecule has 118 valence electrons. The SMILES string of the molecule is Clc1ccc(CON=C(c2ccc(C3CC3)nc2)C2CC2)cc1. The van der Waals surface area contributed by atoms with Gasteiger partial charge in [-0.3, -0.25) is 4.98 Å². The zero-order chi connectivity index (χ0) is 15.6. The second-order valence-electron chi connectivity index (χ2n) is 6.40. The van der Waals surface area contributed by atoms with E-state index in [-0.39, 0.29) is 0 Å². The minimum absolute atomic E-state index is 0.459. The highest BCUT2D eigenvalue weighted by Gasteiger charge is 2.30. The zero-order valence-corrected chi connectivity index (χ0v) is 13.7. The number of hydrogen-bond donors (Lipinski definition) is 0. The maximum absolute atomic E-state index is 5.89. The Hall–Kier alpha value is -1.87. The van der Waals surface area contributed by atoms with Gasteiger partial charge < -0.3 is 4.84 Å². The van der Waals surface area contributed by atoms with Crippen LogP contribution in [0.2, 0.25) is 5.02 Å². The molecule has 2 aliphatic carbocycles. The van der Waals surface area contributed by atoms with Crippen LogP contribution in [0.25, 0.3) is 0 Å². The number of rotatable bonds is 6. The molecular weight excluding hydrogens is 308 g/mol. The van der Waals surface area contributed by atoms with Crippen LogP contribution in [0.5, 0.6) is 0 Å². The van der Waals surface area contributed by atoms with Crippen molar-refractivity contribution in [2.45, 2.75) is 38.2 Å². The van der Waals surface area contributed by atoms with E-state index < -0.39 is 0 Å². The van der Waals surface area contributed by atoms with E-state index in [0.29, 0.717) is 18.4 Å². The Bertz CT molecular complexity index is 701. The van der Waals surface area contributed by atoms with Gasteiger partial charge in [0.1, 0.15) is 6.61 Å². The molecule has 0 aliphatic heterocycles. The van der Waals surface area contributed by atoms with Crippen LogP contribution in [-0.4, -0.2) is 10.7 Å². The van der Waals surface area contributed by atoms with Crippen LogP contribution in [0.1, 0.15) is 48.4 Å². The summed E-state index contributed by atoms with van der Waals surface area (Å²) in [5, 5.41) is 5.14. The fourth-order valence-corrected chi connectivity index (χ4v) is 2.78. The topological polar surface area (TPSA) is 34.5 Å². The maximum Gasteiger partial charge on any atom is 0.142 e. The summed E-state index contributed by atoms with van der Waals surface area (Å²) in [7, 11) is 0. The molecule has 0 unspecified atom stereocenters. The molecule has 0 spiro atoms. The van der Waals surface area contributed by atoms with Crippen LogP contribution in [0, 0.1) is 5.92 Å². The van der Waals surface area contributed by atoms with Crippen LogP contribution in [-0.2, 0) is 11.4 Å². The second-order valence-corrected chi connectivity index (χ2v) is 6.83. The largest absolute Gasteiger partial charge is 0.391 e. The smallest absolute Gasteiger partial charge is 0.142 e. The summed E-state index contributed by atoms with van der Waals surface area (Å²) >= 11 is 5.89. The Morgan fingerprint density at radius 3 is 2.48 bits per heavy atom. The lowest BCUT2D eigenvalue weighted by Gasteiger charge is -2.07. The van der Waals surface area contributed by atoms with Gasteiger partial charge in [-0.2, -0.15) is 0 Å². The van der Waals surface area contributed by atoms with Crippen molar-refractivity contribution in [1.29, 1.82) is 0 Å². The summed E-state index contributed by atoms with van der Waals surface area (Å²) in [5.41, 5.74) is 4.41. The quantitative estimate of drug-likeness (QED) is 0.556. The third-order valence-electron chi connectivity index (χ3n) is 4.35. The molecule has 2 aliphatic rings. The van der Waals surface area contributed by atoms with Crippen molar-refractivity contribution < 1.29 is 4.84 Å². The van der Waals surface area contributed by atoms with Gasteiger partial charge in [-0.15, -0.1) is 0 Å². The molecule has 1 aromatic carbocycles. The van der Waals surface area contributed by atoms with Crippen molar-refractivity contribution >= 4 is 17.3 Å². The lowest BCUT2D eigenvalue weighted by Crippen LogP contribution is -2.06. The number of oxime groups is 1. The average molecular weight is 327 g/mol. The number of benzene rings is 1. The predicted octanol–water partition coefficient (Wildman–Crippen LogP) is 4.94. The minimum Gasteiger partial charge on any atom is -0.391 e. The van der Waals surface area contributed by atoms with Crippen LogP contribution < -0.4 is 0 Å². The van der Waals surface area contributed by atoms with Crippen LogP contribution in [0.15, 0.2) is 47.8 Å². The maximum atomic E-state index is 5.89. The predicted molar refractivity (Wildman–Crippen MR) is 91.7 cm³/mol. The zero-order valence-electron chi connectivity index (χ0n) is 12.9. The van der Waals surface area contributed by atoms with E-state index in [2.05, 4.69) is 22.3 Å². The van der Waals surface area contributed by atoms with E-state index in [1.54, 1.807) is 0 Å². The van der Waals surface area contributed by atoms with Gasteiger partial charge in [-0.05, 0) is 55.5 Å². The summed E-state index contributed by atoms with van der Waals surface area (Å²) in [6, 6.07) is 11.9. The van der Waals surface area contributed by atoms with E-state index in [4.69, 9.17) is 16.4 Å². The summed E-state index contributed by atoms with van der Waals surface area (Å²) in [6.07, 6.45) is 6.89. The third kappa shape index (κ3) is 3.73. The Morgan fingerprint density at radius 1 is 1.09 bits per heavy atom. The molecule has 3 nitrogen and oxygen atoms in total. The van der Waals surface area contributed by atoms with Gasteiger partial charge in [0.15, 0.2) is 0 Å². The van der Waals surface area contributed by atoms with E-state index in [9.17, 15) is 0 Å². The molecule has 0 saturated heterocycles. The van der Waals surface area contributed by atoms with Crippen molar-refractivity contribution in [3.05, 3.63) is 64.4 Å². The lowest BCUT2D eigenvalue weighted by atomic mass is 10.1. The van der Waals surface area contributed by atoms with Crippen LogP contribution >= 0.6 is 11.6 Å². The molecule has 4 rings (SSSR count). The molecule has 0 amide bonds. The average Bonchev–Trinajstić information content (AvgIpc) is 3.47. The highest BCUT2D eigenvalue weighted by Crippen LogP contribution is 2.39. The number of nitrogens with zero attached hydrogens (tertiary/aromatic N) is 2. The normalized spacial score (nSPS) is 18.0. The van der Waals surface area contributed by atoms with E-state index in [1.165, 1.54) is 31.4 Å². The first kappa shape index (κ1) is 14.7. The fourth-order valence-electron chi connectivity index (χ4n) is 2.65. The number of pyridine rings is 1. The van der Waals surface area contributed by atoms with Crippen molar-refractivity contribution in [1.82, 2.24) is 4.98 Å². The highest BCUT2D eigenvalue weighted by molar-refractivity contribution is 6.30. The number of halogens is 1. The van der Waals surface area contributed by atoms with Crippen molar-refractivity contribution in [3.63, 3.8) is 0 Å². The number of aromatic nitrogens is 1. The summed E-state index contributed by atoms with van der Waals surface area (Å²) in [6.45, 7) is 0.459.